The molecule has 0 radical (unpaired) electrons. The molecule has 0 fully saturated rings. The number of pyridine rings is 1. The molecule has 0 aliphatic carbocycles. The Morgan fingerprint density at radius 1 is 1.00 bits per heavy atom. The molecule has 0 spiro atoms. The average Bonchev–Trinajstić information content (AvgIpc) is 2.39. The summed E-state index contributed by atoms with van der Waals surface area (Å²) in [5, 5.41) is 13.4. The Morgan fingerprint density at radius 2 is 1.72 bits per heavy atom. The zero-order chi connectivity index (χ0) is 13.0. The van der Waals surface area contributed by atoms with Crippen molar-refractivity contribution in [2.24, 2.45) is 0 Å². The summed E-state index contributed by atoms with van der Waals surface area (Å²) in [6.07, 6.45) is 1.09. The average molecular weight is 242 g/mol. The van der Waals surface area contributed by atoms with E-state index < -0.39 is 6.10 Å². The number of aliphatic hydroxyl groups is 1. The summed E-state index contributed by atoms with van der Waals surface area (Å²) >= 11 is 0. The van der Waals surface area contributed by atoms with E-state index in [2.05, 4.69) is 24.1 Å². The lowest BCUT2D eigenvalue weighted by Crippen LogP contribution is -2.11. The van der Waals surface area contributed by atoms with E-state index in [1.54, 1.807) is 6.20 Å². The Hall–Kier alpha value is -1.87. The van der Waals surface area contributed by atoms with E-state index in [0.717, 1.165) is 16.9 Å². The minimum absolute atomic E-state index is 0.349. The van der Waals surface area contributed by atoms with Gasteiger partial charge in [-0.25, -0.2) is 4.98 Å². The highest BCUT2D eigenvalue weighted by Crippen LogP contribution is 2.21. The van der Waals surface area contributed by atoms with Crippen LogP contribution in [0.4, 0.5) is 5.82 Å². The van der Waals surface area contributed by atoms with Gasteiger partial charge in [0.25, 0.3) is 0 Å². The Bertz CT molecular complexity index is 480. The van der Waals surface area contributed by atoms with Crippen LogP contribution in [0.3, 0.4) is 0 Å². The molecule has 2 N–H and O–H groups in total. The molecule has 18 heavy (non-hydrogen) atoms. The molecule has 1 heterocycles. The highest BCUT2D eigenvalue weighted by molar-refractivity contribution is 5.38. The summed E-state index contributed by atoms with van der Waals surface area (Å²) in [6, 6.07) is 13.7. The predicted octanol–water partition coefficient (Wildman–Crippen LogP) is 2.98. The van der Waals surface area contributed by atoms with Crippen molar-refractivity contribution in [2.75, 3.05) is 5.32 Å². The molecule has 3 nitrogen and oxygen atoms in total. The fourth-order valence-corrected chi connectivity index (χ4v) is 1.78. The van der Waals surface area contributed by atoms with Crippen molar-refractivity contribution in [1.29, 1.82) is 0 Å². The lowest BCUT2D eigenvalue weighted by Gasteiger charge is -2.13. The van der Waals surface area contributed by atoms with E-state index in [4.69, 9.17) is 0 Å². The quantitative estimate of drug-likeness (QED) is 0.866. The number of hydrogen-bond donors (Lipinski definition) is 2. The van der Waals surface area contributed by atoms with Crippen molar-refractivity contribution < 1.29 is 5.11 Å². The van der Waals surface area contributed by atoms with E-state index in [0.29, 0.717) is 6.04 Å². The third-order valence-corrected chi connectivity index (χ3v) is 2.65. The van der Waals surface area contributed by atoms with Gasteiger partial charge in [-0.1, -0.05) is 36.4 Å². The summed E-state index contributed by atoms with van der Waals surface area (Å²) in [5.74, 6) is 0.828. The van der Waals surface area contributed by atoms with Crippen LogP contribution >= 0.6 is 0 Å². The minimum Gasteiger partial charge on any atom is -0.384 e. The molecule has 3 heteroatoms. The van der Waals surface area contributed by atoms with Crippen LogP contribution in [0.2, 0.25) is 0 Å². The molecular weight excluding hydrogens is 224 g/mol. The molecule has 0 saturated heterocycles. The summed E-state index contributed by atoms with van der Waals surface area (Å²) in [6.45, 7) is 4.13. The lowest BCUT2D eigenvalue weighted by atomic mass is 10.0. The van der Waals surface area contributed by atoms with Crippen molar-refractivity contribution in [1.82, 2.24) is 4.98 Å². The molecule has 0 amide bonds. The van der Waals surface area contributed by atoms with E-state index >= 15 is 0 Å². The molecule has 1 atom stereocenters. The van der Waals surface area contributed by atoms with Gasteiger partial charge in [-0.15, -0.1) is 0 Å². The predicted molar refractivity (Wildman–Crippen MR) is 73.5 cm³/mol. The highest BCUT2D eigenvalue weighted by Gasteiger charge is 2.10. The number of anilines is 1. The number of hydrogen-bond acceptors (Lipinski definition) is 3. The van der Waals surface area contributed by atoms with Gasteiger partial charge in [0.15, 0.2) is 0 Å². The standard InChI is InChI=1S/C15H18N2O/c1-11(2)17-14-9-8-13(10-16-14)15(18)12-6-4-3-5-7-12/h3-11,15,18H,1-2H3,(H,16,17)/t15-/m0/s1. The van der Waals surface area contributed by atoms with Gasteiger partial charge in [-0.05, 0) is 25.5 Å². The van der Waals surface area contributed by atoms with Crippen molar-refractivity contribution >= 4 is 5.82 Å². The molecule has 0 unspecified atom stereocenters. The number of aromatic nitrogens is 1. The first-order valence-corrected chi connectivity index (χ1v) is 6.12. The monoisotopic (exact) mass is 242 g/mol. The maximum atomic E-state index is 10.2. The van der Waals surface area contributed by atoms with Crippen LogP contribution in [0.5, 0.6) is 0 Å². The maximum absolute atomic E-state index is 10.2. The lowest BCUT2D eigenvalue weighted by molar-refractivity contribution is 0.220. The molecule has 1 aromatic heterocycles. The van der Waals surface area contributed by atoms with E-state index in [9.17, 15) is 5.11 Å². The van der Waals surface area contributed by atoms with Crippen LogP contribution in [0.1, 0.15) is 31.1 Å². The maximum Gasteiger partial charge on any atom is 0.126 e. The third kappa shape index (κ3) is 3.08. The molecule has 94 valence electrons. The van der Waals surface area contributed by atoms with Gasteiger partial charge in [0, 0.05) is 17.8 Å². The molecule has 0 aliphatic rings. The molecular formula is C15H18N2O. The van der Waals surface area contributed by atoms with Gasteiger partial charge < -0.3 is 10.4 Å². The molecule has 1 aromatic carbocycles. The van der Waals surface area contributed by atoms with Crippen LogP contribution in [0.15, 0.2) is 48.7 Å². The minimum atomic E-state index is -0.619. The van der Waals surface area contributed by atoms with Crippen molar-refractivity contribution in [3.8, 4) is 0 Å². The highest BCUT2D eigenvalue weighted by atomic mass is 16.3. The normalized spacial score (nSPS) is 12.4. The smallest absolute Gasteiger partial charge is 0.126 e. The second-order valence-corrected chi connectivity index (χ2v) is 4.59. The van der Waals surface area contributed by atoms with E-state index in [-0.39, 0.29) is 0 Å². The number of nitrogens with one attached hydrogen (secondary N) is 1. The van der Waals surface area contributed by atoms with Crippen LogP contribution in [0, 0.1) is 0 Å². The Balaban J connectivity index is 2.14. The van der Waals surface area contributed by atoms with Crippen molar-refractivity contribution in [3.05, 3.63) is 59.8 Å². The fraction of sp³-hybridized carbons (Fsp3) is 0.267. The van der Waals surface area contributed by atoms with Gasteiger partial charge in [-0.2, -0.15) is 0 Å². The fourth-order valence-electron chi connectivity index (χ4n) is 1.78. The van der Waals surface area contributed by atoms with Gasteiger partial charge in [0.2, 0.25) is 0 Å². The van der Waals surface area contributed by atoms with Crippen molar-refractivity contribution in [2.45, 2.75) is 26.0 Å². The van der Waals surface area contributed by atoms with Crippen LogP contribution in [-0.4, -0.2) is 16.1 Å². The Kier molecular flexibility index (Phi) is 3.95. The molecule has 0 saturated carbocycles. The number of nitrogens with zero attached hydrogens (tertiary/aromatic N) is 1. The second kappa shape index (κ2) is 5.65. The second-order valence-electron chi connectivity index (χ2n) is 4.59. The number of aliphatic hydroxyl groups excluding tert-OH is 1. The zero-order valence-electron chi connectivity index (χ0n) is 10.7. The van der Waals surface area contributed by atoms with Gasteiger partial charge in [-0.3, -0.25) is 0 Å². The SMILES string of the molecule is CC(C)Nc1ccc([C@@H](O)c2ccccc2)cn1. The Labute approximate surface area is 108 Å². The first-order chi connectivity index (χ1) is 8.66. The summed E-state index contributed by atoms with van der Waals surface area (Å²) in [4.78, 5) is 4.29. The van der Waals surface area contributed by atoms with Gasteiger partial charge in [0.1, 0.15) is 11.9 Å². The Morgan fingerprint density at radius 3 is 2.28 bits per heavy atom. The molecule has 0 aliphatic heterocycles. The molecule has 2 rings (SSSR count). The molecule has 2 aromatic rings. The summed E-state index contributed by atoms with van der Waals surface area (Å²) in [7, 11) is 0. The van der Waals surface area contributed by atoms with Crippen LogP contribution in [0.25, 0.3) is 0 Å². The first-order valence-electron chi connectivity index (χ1n) is 6.12. The van der Waals surface area contributed by atoms with E-state index in [1.807, 2.05) is 42.5 Å². The van der Waals surface area contributed by atoms with Crippen LogP contribution in [-0.2, 0) is 0 Å². The van der Waals surface area contributed by atoms with Crippen LogP contribution < -0.4 is 5.32 Å². The summed E-state index contributed by atoms with van der Waals surface area (Å²) < 4.78 is 0. The van der Waals surface area contributed by atoms with Gasteiger partial charge >= 0.3 is 0 Å². The first kappa shape index (κ1) is 12.6. The third-order valence-electron chi connectivity index (χ3n) is 2.65. The topological polar surface area (TPSA) is 45.1 Å². The van der Waals surface area contributed by atoms with Crippen molar-refractivity contribution in [3.63, 3.8) is 0 Å². The number of rotatable bonds is 4. The molecule has 0 bridgehead atoms. The summed E-state index contributed by atoms with van der Waals surface area (Å²) in [5.41, 5.74) is 1.68. The van der Waals surface area contributed by atoms with E-state index in [1.165, 1.54) is 0 Å². The van der Waals surface area contributed by atoms with Gasteiger partial charge in [0.05, 0.1) is 0 Å². The largest absolute Gasteiger partial charge is 0.384 e. The zero-order valence-corrected chi connectivity index (χ0v) is 10.7. The number of benzene rings is 1.